The van der Waals surface area contributed by atoms with E-state index in [0.29, 0.717) is 27.8 Å². The molecule has 0 atom stereocenters. The molecule has 0 aliphatic rings. The monoisotopic (exact) mass is 450 g/mol. The van der Waals surface area contributed by atoms with E-state index >= 15 is 0 Å². The van der Waals surface area contributed by atoms with Gasteiger partial charge in [0.15, 0.2) is 0 Å². The predicted molar refractivity (Wildman–Crippen MR) is 103 cm³/mol. The van der Waals surface area contributed by atoms with Crippen molar-refractivity contribution in [3.05, 3.63) is 81.1 Å². The number of ether oxygens (including phenoxy) is 1. The zero-order valence-corrected chi connectivity index (χ0v) is 15.3. The van der Waals surface area contributed by atoms with Gasteiger partial charge in [-0.25, -0.2) is 0 Å². The average Bonchev–Trinajstić information content (AvgIpc) is 2.55. The molecule has 0 saturated heterocycles. The van der Waals surface area contributed by atoms with Crippen LogP contribution in [0.1, 0.15) is 10.4 Å². The lowest BCUT2D eigenvalue weighted by atomic mass is 10.2. The number of pyridine rings is 1. The Balaban J connectivity index is 1.80. The number of aromatic nitrogens is 1. The number of amides is 1. The Kier molecular flexibility index (Phi) is 5.32. The van der Waals surface area contributed by atoms with Gasteiger partial charge in [0, 0.05) is 32.1 Å². The minimum Gasteiger partial charge on any atom is -0.456 e. The molecule has 0 unspecified atom stereocenters. The molecule has 0 spiro atoms. The van der Waals surface area contributed by atoms with Crippen molar-refractivity contribution >= 4 is 45.8 Å². The van der Waals surface area contributed by atoms with Crippen molar-refractivity contribution in [3.8, 4) is 11.5 Å². The van der Waals surface area contributed by atoms with Crippen LogP contribution >= 0.6 is 34.2 Å². The third-order valence-electron chi connectivity index (χ3n) is 3.09. The Morgan fingerprint density at radius 2 is 1.96 bits per heavy atom. The van der Waals surface area contributed by atoms with Crippen LogP contribution in [0.2, 0.25) is 5.02 Å². The van der Waals surface area contributed by atoms with Crippen molar-refractivity contribution in [1.82, 2.24) is 4.98 Å². The molecule has 0 aliphatic carbocycles. The molecule has 24 heavy (non-hydrogen) atoms. The lowest BCUT2D eigenvalue weighted by Gasteiger charge is -2.10. The molecule has 120 valence electrons. The molecule has 1 amide bonds. The van der Waals surface area contributed by atoms with Crippen LogP contribution in [0.4, 0.5) is 5.69 Å². The van der Waals surface area contributed by atoms with Gasteiger partial charge in [-0.15, -0.1) is 0 Å². The second kappa shape index (κ2) is 7.63. The van der Waals surface area contributed by atoms with E-state index in [1.54, 1.807) is 48.8 Å². The van der Waals surface area contributed by atoms with E-state index in [1.807, 2.05) is 18.2 Å². The summed E-state index contributed by atoms with van der Waals surface area (Å²) in [6.45, 7) is 0. The molecule has 4 nitrogen and oxygen atoms in total. The van der Waals surface area contributed by atoms with E-state index in [2.05, 4.69) is 32.9 Å². The summed E-state index contributed by atoms with van der Waals surface area (Å²) in [5.74, 6) is 1.02. The maximum absolute atomic E-state index is 12.3. The van der Waals surface area contributed by atoms with E-state index in [1.165, 1.54) is 0 Å². The first-order chi connectivity index (χ1) is 11.6. The van der Waals surface area contributed by atoms with Gasteiger partial charge in [0.2, 0.25) is 0 Å². The maximum atomic E-state index is 12.3. The lowest BCUT2D eigenvalue weighted by molar-refractivity contribution is 0.102. The number of anilines is 1. The van der Waals surface area contributed by atoms with E-state index in [0.717, 1.165) is 3.57 Å². The Bertz CT molecular complexity index is 872. The highest BCUT2D eigenvalue weighted by atomic mass is 127. The van der Waals surface area contributed by atoms with Gasteiger partial charge in [0.05, 0.1) is 6.20 Å². The second-order valence-electron chi connectivity index (χ2n) is 4.93. The molecule has 2 aromatic carbocycles. The first kappa shape index (κ1) is 16.7. The largest absolute Gasteiger partial charge is 0.456 e. The fourth-order valence-electron chi connectivity index (χ4n) is 2.07. The normalized spacial score (nSPS) is 10.2. The van der Waals surface area contributed by atoms with E-state index in [4.69, 9.17) is 16.3 Å². The smallest absolute Gasteiger partial charge is 0.255 e. The summed E-state index contributed by atoms with van der Waals surface area (Å²) in [5, 5.41) is 3.37. The number of rotatable bonds is 4. The van der Waals surface area contributed by atoms with Crippen LogP contribution in [0.5, 0.6) is 11.5 Å². The maximum Gasteiger partial charge on any atom is 0.255 e. The van der Waals surface area contributed by atoms with Gasteiger partial charge in [-0.05, 0) is 65.1 Å². The third kappa shape index (κ3) is 4.46. The Morgan fingerprint density at radius 3 is 2.71 bits per heavy atom. The predicted octanol–water partition coefficient (Wildman–Crippen LogP) is 5.38. The molecule has 0 fully saturated rings. The van der Waals surface area contributed by atoms with Crippen molar-refractivity contribution < 1.29 is 9.53 Å². The van der Waals surface area contributed by atoms with Gasteiger partial charge in [-0.3, -0.25) is 9.78 Å². The molecule has 3 aromatic rings. The van der Waals surface area contributed by atoms with Crippen LogP contribution in [-0.2, 0) is 0 Å². The van der Waals surface area contributed by atoms with Gasteiger partial charge in [-0.1, -0.05) is 17.7 Å². The number of benzene rings is 2. The lowest BCUT2D eigenvalue weighted by Crippen LogP contribution is -2.11. The van der Waals surface area contributed by atoms with Gasteiger partial charge in [0.25, 0.3) is 5.91 Å². The zero-order valence-electron chi connectivity index (χ0n) is 12.4. The number of halogens is 2. The van der Waals surface area contributed by atoms with Crippen molar-refractivity contribution in [1.29, 1.82) is 0 Å². The number of carbonyl (C=O) groups is 1. The minimum absolute atomic E-state index is 0.230. The fourth-order valence-corrected chi connectivity index (χ4v) is 2.90. The Labute approximate surface area is 158 Å². The average molecular weight is 451 g/mol. The summed E-state index contributed by atoms with van der Waals surface area (Å²) in [6, 6.07) is 15.9. The highest BCUT2D eigenvalue weighted by Gasteiger charge is 2.09. The number of hydrogen-bond donors (Lipinski definition) is 1. The Morgan fingerprint density at radius 1 is 1.08 bits per heavy atom. The van der Waals surface area contributed by atoms with E-state index in [-0.39, 0.29) is 5.91 Å². The standard InChI is InChI=1S/C18H12ClIN2O2/c19-13-4-1-3-12(7-13)18(23)22-15-8-14(20)9-17(10-15)24-16-5-2-6-21-11-16/h1-11H,(H,22,23). The number of nitrogens with zero attached hydrogens (tertiary/aromatic N) is 1. The summed E-state index contributed by atoms with van der Waals surface area (Å²) in [5.41, 5.74) is 1.14. The number of carbonyl (C=O) groups excluding carboxylic acids is 1. The van der Waals surface area contributed by atoms with Crippen LogP contribution in [0.15, 0.2) is 67.0 Å². The molecule has 1 N–H and O–H groups in total. The van der Waals surface area contributed by atoms with Crippen LogP contribution in [0.25, 0.3) is 0 Å². The van der Waals surface area contributed by atoms with E-state index < -0.39 is 0 Å². The van der Waals surface area contributed by atoms with Gasteiger partial charge < -0.3 is 10.1 Å². The third-order valence-corrected chi connectivity index (χ3v) is 3.94. The molecule has 1 heterocycles. The van der Waals surface area contributed by atoms with Gasteiger partial charge >= 0.3 is 0 Å². The zero-order chi connectivity index (χ0) is 16.9. The molecule has 0 radical (unpaired) electrons. The van der Waals surface area contributed by atoms with Crippen molar-refractivity contribution in [2.75, 3.05) is 5.32 Å². The van der Waals surface area contributed by atoms with Crippen molar-refractivity contribution in [3.63, 3.8) is 0 Å². The van der Waals surface area contributed by atoms with Crippen molar-refractivity contribution in [2.45, 2.75) is 0 Å². The summed E-state index contributed by atoms with van der Waals surface area (Å²) >= 11 is 8.10. The molecule has 0 saturated carbocycles. The minimum atomic E-state index is -0.230. The molecular formula is C18H12ClIN2O2. The SMILES string of the molecule is O=C(Nc1cc(I)cc(Oc2cccnc2)c1)c1cccc(Cl)c1. The molecule has 6 heteroatoms. The second-order valence-corrected chi connectivity index (χ2v) is 6.61. The molecule has 1 aromatic heterocycles. The highest BCUT2D eigenvalue weighted by Crippen LogP contribution is 2.27. The quantitative estimate of drug-likeness (QED) is 0.543. The van der Waals surface area contributed by atoms with Gasteiger partial charge in [0.1, 0.15) is 11.5 Å². The number of hydrogen-bond acceptors (Lipinski definition) is 3. The van der Waals surface area contributed by atoms with Crippen LogP contribution < -0.4 is 10.1 Å². The van der Waals surface area contributed by atoms with Crippen LogP contribution in [-0.4, -0.2) is 10.9 Å². The van der Waals surface area contributed by atoms with Crippen molar-refractivity contribution in [2.24, 2.45) is 0 Å². The first-order valence-electron chi connectivity index (χ1n) is 7.05. The summed E-state index contributed by atoms with van der Waals surface area (Å²) in [6.07, 6.45) is 3.31. The molecule has 0 aliphatic heterocycles. The van der Waals surface area contributed by atoms with Gasteiger partial charge in [-0.2, -0.15) is 0 Å². The molecule has 3 rings (SSSR count). The summed E-state index contributed by atoms with van der Waals surface area (Å²) in [4.78, 5) is 16.3. The van der Waals surface area contributed by atoms with Crippen LogP contribution in [0.3, 0.4) is 0 Å². The molecular weight excluding hydrogens is 439 g/mol. The fraction of sp³-hybridized carbons (Fsp3) is 0. The Hall–Kier alpha value is -2.12. The number of nitrogens with one attached hydrogen (secondary N) is 1. The highest BCUT2D eigenvalue weighted by molar-refractivity contribution is 14.1. The van der Waals surface area contributed by atoms with E-state index in [9.17, 15) is 4.79 Å². The molecule has 0 bridgehead atoms. The summed E-state index contributed by atoms with van der Waals surface area (Å²) in [7, 11) is 0. The van der Waals surface area contributed by atoms with Crippen LogP contribution in [0, 0.1) is 3.57 Å². The summed E-state index contributed by atoms with van der Waals surface area (Å²) < 4.78 is 6.71. The topological polar surface area (TPSA) is 51.2 Å². The first-order valence-corrected chi connectivity index (χ1v) is 8.51.